The zero-order valence-corrected chi connectivity index (χ0v) is 14.7. The number of carbonyl (C=O) groups is 1. The van der Waals surface area contributed by atoms with Crippen molar-refractivity contribution in [2.75, 3.05) is 11.9 Å². The zero-order valence-electron chi connectivity index (χ0n) is 13.9. The molecule has 4 heteroatoms. The molecule has 1 heterocycles. The van der Waals surface area contributed by atoms with E-state index in [0.717, 1.165) is 12.1 Å². The molecule has 2 amide bonds. The van der Waals surface area contributed by atoms with Crippen LogP contribution in [0.5, 0.6) is 0 Å². The lowest BCUT2D eigenvalue weighted by Crippen LogP contribution is -2.30. The van der Waals surface area contributed by atoms with Crippen LogP contribution in [0.25, 0.3) is 0 Å². The minimum atomic E-state index is -0.127. The molecular formula is C19H24N2OS. The Balaban J connectivity index is 1.49. The molecule has 0 radical (unpaired) electrons. The summed E-state index contributed by atoms with van der Waals surface area (Å²) >= 11 is 1.89. The highest BCUT2D eigenvalue weighted by molar-refractivity contribution is 7.10. The number of hydrogen-bond acceptors (Lipinski definition) is 2. The van der Waals surface area contributed by atoms with Crippen molar-refractivity contribution in [2.45, 2.75) is 46.0 Å². The summed E-state index contributed by atoms with van der Waals surface area (Å²) in [4.78, 5) is 13.6. The van der Waals surface area contributed by atoms with Crippen LogP contribution in [0.4, 0.5) is 10.5 Å². The second kappa shape index (κ2) is 7.18. The predicted octanol–water partition coefficient (Wildman–Crippen LogP) is 4.61. The lowest BCUT2D eigenvalue weighted by atomic mass is 9.95. The summed E-state index contributed by atoms with van der Waals surface area (Å²) in [5.41, 5.74) is 6.25. The topological polar surface area (TPSA) is 41.1 Å². The second-order valence-electron chi connectivity index (χ2n) is 6.30. The summed E-state index contributed by atoms with van der Waals surface area (Å²) in [6.07, 6.45) is 6.00. The highest BCUT2D eigenvalue weighted by Crippen LogP contribution is 2.30. The number of fused-ring (bicyclic) bond motifs is 1. The third kappa shape index (κ3) is 3.94. The lowest BCUT2D eigenvalue weighted by molar-refractivity contribution is 0.252. The van der Waals surface area contributed by atoms with E-state index in [9.17, 15) is 4.79 Å². The van der Waals surface area contributed by atoms with Crippen molar-refractivity contribution < 1.29 is 4.79 Å². The van der Waals surface area contributed by atoms with E-state index in [1.807, 2.05) is 29.5 Å². The van der Waals surface area contributed by atoms with Crippen molar-refractivity contribution in [1.82, 2.24) is 5.32 Å². The molecule has 0 aliphatic heterocycles. The Morgan fingerprint density at radius 1 is 1.17 bits per heavy atom. The average molecular weight is 328 g/mol. The van der Waals surface area contributed by atoms with Gasteiger partial charge in [0.05, 0.1) is 0 Å². The monoisotopic (exact) mass is 328 g/mol. The molecule has 0 fully saturated rings. The standard InChI is InChI=1S/C19H24N2OS/c1-13-7-8-16(11-14(13)2)21-19(22)20-10-9-15-12-23-18-6-4-3-5-17(15)18/h7-8,11-12H,3-6,9-10H2,1-2H3,(H2,20,21,22). The Kier molecular flexibility index (Phi) is 5.01. The molecule has 2 aromatic rings. The Bertz CT molecular complexity index is 705. The number of nitrogens with one attached hydrogen (secondary N) is 2. The molecule has 1 aliphatic rings. The van der Waals surface area contributed by atoms with Gasteiger partial charge in [-0.3, -0.25) is 0 Å². The van der Waals surface area contributed by atoms with Crippen molar-refractivity contribution >= 4 is 23.1 Å². The molecule has 1 aromatic carbocycles. The first kappa shape index (κ1) is 16.1. The van der Waals surface area contributed by atoms with Crippen molar-refractivity contribution in [3.63, 3.8) is 0 Å². The van der Waals surface area contributed by atoms with E-state index in [2.05, 4.69) is 29.9 Å². The van der Waals surface area contributed by atoms with Crippen LogP contribution < -0.4 is 10.6 Å². The van der Waals surface area contributed by atoms with Gasteiger partial charge in [0.1, 0.15) is 0 Å². The van der Waals surface area contributed by atoms with Crippen molar-refractivity contribution in [3.05, 3.63) is 50.7 Å². The summed E-state index contributed by atoms with van der Waals surface area (Å²) in [5.74, 6) is 0. The van der Waals surface area contributed by atoms with Gasteiger partial charge >= 0.3 is 6.03 Å². The van der Waals surface area contributed by atoms with E-state index in [1.54, 1.807) is 10.4 Å². The van der Waals surface area contributed by atoms with E-state index in [1.165, 1.54) is 42.4 Å². The smallest absolute Gasteiger partial charge is 0.319 e. The Labute approximate surface area is 142 Å². The van der Waals surface area contributed by atoms with Crippen LogP contribution in [-0.2, 0) is 19.3 Å². The number of benzene rings is 1. The van der Waals surface area contributed by atoms with E-state index < -0.39 is 0 Å². The quantitative estimate of drug-likeness (QED) is 0.845. The van der Waals surface area contributed by atoms with Crippen LogP contribution in [0, 0.1) is 13.8 Å². The molecule has 0 saturated heterocycles. The fourth-order valence-corrected chi connectivity index (χ4v) is 4.26. The Hall–Kier alpha value is -1.81. The van der Waals surface area contributed by atoms with Gasteiger partial charge in [0.25, 0.3) is 0 Å². The summed E-state index contributed by atoms with van der Waals surface area (Å²) in [6, 6.07) is 5.85. The highest BCUT2D eigenvalue weighted by atomic mass is 32.1. The number of carbonyl (C=O) groups excluding carboxylic acids is 1. The normalized spacial score (nSPS) is 13.5. The van der Waals surface area contributed by atoms with E-state index in [-0.39, 0.29) is 6.03 Å². The molecule has 122 valence electrons. The fourth-order valence-electron chi connectivity index (χ4n) is 3.08. The number of aryl methyl sites for hydroxylation is 3. The summed E-state index contributed by atoms with van der Waals surface area (Å²) < 4.78 is 0. The summed E-state index contributed by atoms with van der Waals surface area (Å²) in [5, 5.41) is 8.15. The van der Waals surface area contributed by atoms with Crippen LogP contribution in [0.1, 0.15) is 40.0 Å². The lowest BCUT2D eigenvalue weighted by Gasteiger charge is -2.13. The fraction of sp³-hybridized carbons (Fsp3) is 0.421. The number of amides is 2. The van der Waals surface area contributed by atoms with Gasteiger partial charge in [-0.1, -0.05) is 6.07 Å². The summed E-state index contributed by atoms with van der Waals surface area (Å²) in [6.45, 7) is 4.80. The average Bonchev–Trinajstić information content (AvgIpc) is 2.94. The van der Waals surface area contributed by atoms with Gasteiger partial charge in [0.15, 0.2) is 0 Å². The molecule has 3 nitrogen and oxygen atoms in total. The molecule has 1 aliphatic carbocycles. The number of rotatable bonds is 4. The SMILES string of the molecule is Cc1ccc(NC(=O)NCCc2csc3c2CCCC3)cc1C. The van der Waals surface area contributed by atoms with E-state index >= 15 is 0 Å². The maximum Gasteiger partial charge on any atom is 0.319 e. The maximum absolute atomic E-state index is 12.0. The minimum absolute atomic E-state index is 0.127. The molecular weight excluding hydrogens is 304 g/mol. The van der Waals surface area contributed by atoms with Gasteiger partial charge in [-0.25, -0.2) is 4.79 Å². The Morgan fingerprint density at radius 3 is 2.83 bits per heavy atom. The molecule has 0 unspecified atom stereocenters. The van der Waals surface area contributed by atoms with Crippen molar-refractivity contribution in [2.24, 2.45) is 0 Å². The van der Waals surface area contributed by atoms with Crippen molar-refractivity contribution in [1.29, 1.82) is 0 Å². The molecule has 0 bridgehead atoms. The zero-order chi connectivity index (χ0) is 16.2. The van der Waals surface area contributed by atoms with E-state index in [0.29, 0.717) is 6.54 Å². The molecule has 0 saturated carbocycles. The molecule has 2 N–H and O–H groups in total. The Morgan fingerprint density at radius 2 is 2.00 bits per heavy atom. The van der Waals surface area contributed by atoms with E-state index in [4.69, 9.17) is 0 Å². The van der Waals surface area contributed by atoms with Crippen LogP contribution in [0.15, 0.2) is 23.6 Å². The molecule has 0 atom stereocenters. The van der Waals surface area contributed by atoms with Gasteiger partial charge in [-0.2, -0.15) is 0 Å². The summed E-state index contributed by atoms with van der Waals surface area (Å²) in [7, 11) is 0. The van der Waals surface area contributed by atoms with Crippen LogP contribution in [0.2, 0.25) is 0 Å². The molecule has 1 aromatic heterocycles. The number of urea groups is 1. The third-order valence-corrected chi connectivity index (χ3v) is 5.73. The molecule has 0 spiro atoms. The number of anilines is 1. The maximum atomic E-state index is 12.0. The van der Waals surface area contributed by atoms with Crippen LogP contribution >= 0.6 is 11.3 Å². The number of hydrogen-bond donors (Lipinski definition) is 2. The van der Waals surface area contributed by atoms with Crippen molar-refractivity contribution in [3.8, 4) is 0 Å². The largest absolute Gasteiger partial charge is 0.338 e. The third-order valence-electron chi connectivity index (χ3n) is 4.59. The van der Waals surface area contributed by atoms with Crippen LogP contribution in [-0.4, -0.2) is 12.6 Å². The van der Waals surface area contributed by atoms with Gasteiger partial charge < -0.3 is 10.6 Å². The van der Waals surface area contributed by atoms with Gasteiger partial charge in [0.2, 0.25) is 0 Å². The van der Waals surface area contributed by atoms with Gasteiger partial charge in [0, 0.05) is 17.1 Å². The first-order chi connectivity index (χ1) is 11.1. The first-order valence-corrected chi connectivity index (χ1v) is 9.21. The number of thiophene rings is 1. The second-order valence-corrected chi connectivity index (χ2v) is 7.26. The molecule has 23 heavy (non-hydrogen) atoms. The minimum Gasteiger partial charge on any atom is -0.338 e. The van der Waals surface area contributed by atoms with Crippen LogP contribution in [0.3, 0.4) is 0 Å². The predicted molar refractivity (Wildman–Crippen MR) is 97.6 cm³/mol. The highest BCUT2D eigenvalue weighted by Gasteiger charge is 2.15. The van der Waals surface area contributed by atoms with Gasteiger partial charge in [-0.15, -0.1) is 11.3 Å². The first-order valence-electron chi connectivity index (χ1n) is 8.33. The van der Waals surface area contributed by atoms with Gasteiger partial charge in [-0.05, 0) is 85.7 Å². The molecule has 3 rings (SSSR count).